The summed E-state index contributed by atoms with van der Waals surface area (Å²) in [6, 6.07) is 20.6. The van der Waals surface area contributed by atoms with Crippen LogP contribution in [-0.4, -0.2) is 29.9 Å². The predicted molar refractivity (Wildman–Crippen MR) is 140 cm³/mol. The molecule has 2 aliphatic heterocycles. The van der Waals surface area contributed by atoms with E-state index in [1.165, 1.54) is 17.7 Å². The number of nitrogens with zero attached hydrogens (tertiary/aromatic N) is 2. The van der Waals surface area contributed by atoms with Crippen LogP contribution in [0.1, 0.15) is 46.7 Å². The van der Waals surface area contributed by atoms with Gasteiger partial charge in [0.15, 0.2) is 0 Å². The molecule has 2 fully saturated rings. The van der Waals surface area contributed by atoms with Gasteiger partial charge in [-0.2, -0.15) is 0 Å². The molecule has 0 saturated carbocycles. The molecule has 5 nitrogen and oxygen atoms in total. The number of carbonyl (C=O) groups excluding carboxylic acids is 2. The fraction of sp³-hybridized carbons (Fsp3) is 0.267. The average Bonchev–Trinajstić information content (AvgIpc) is 3.48. The molecule has 1 unspecified atom stereocenters. The van der Waals surface area contributed by atoms with E-state index in [-0.39, 0.29) is 11.3 Å². The zero-order chi connectivity index (χ0) is 24.7. The first-order chi connectivity index (χ1) is 16.9. The van der Waals surface area contributed by atoms with E-state index in [0.29, 0.717) is 11.3 Å². The Kier molecular flexibility index (Phi) is 5.93. The maximum Gasteiger partial charge on any atom is 0.300 e. The largest absolute Gasteiger partial charge is 0.507 e. The molecule has 0 spiro atoms. The third-order valence-corrected chi connectivity index (χ3v) is 7.17. The molecule has 0 aromatic heterocycles. The molecule has 0 aliphatic carbocycles. The zero-order valence-corrected chi connectivity index (χ0v) is 20.4. The highest BCUT2D eigenvalue weighted by Crippen LogP contribution is 2.43. The Balaban J connectivity index is 1.67. The monoisotopic (exact) mass is 466 g/mol. The van der Waals surface area contributed by atoms with Gasteiger partial charge in [0.1, 0.15) is 5.76 Å². The lowest BCUT2D eigenvalue weighted by Crippen LogP contribution is -2.29. The molecule has 2 aliphatic rings. The summed E-state index contributed by atoms with van der Waals surface area (Å²) in [6.45, 7) is 7.86. The molecular weight excluding hydrogens is 436 g/mol. The molecular formula is C30H30N2O3. The van der Waals surface area contributed by atoms with Crippen molar-refractivity contribution < 1.29 is 14.7 Å². The first kappa shape index (κ1) is 22.9. The van der Waals surface area contributed by atoms with E-state index >= 15 is 0 Å². The second kappa shape index (κ2) is 9.06. The summed E-state index contributed by atoms with van der Waals surface area (Å²) < 4.78 is 0. The molecule has 1 amide bonds. The van der Waals surface area contributed by atoms with Crippen LogP contribution in [0, 0.1) is 20.8 Å². The average molecular weight is 467 g/mol. The molecule has 3 aromatic carbocycles. The van der Waals surface area contributed by atoms with Crippen LogP contribution in [0.4, 0.5) is 11.4 Å². The quantitative estimate of drug-likeness (QED) is 0.298. The first-order valence-corrected chi connectivity index (χ1v) is 12.2. The Morgan fingerprint density at radius 2 is 1.49 bits per heavy atom. The van der Waals surface area contributed by atoms with Gasteiger partial charge in [0, 0.05) is 30.0 Å². The second-order valence-electron chi connectivity index (χ2n) is 9.55. The molecule has 0 bridgehead atoms. The minimum absolute atomic E-state index is 0.126. The van der Waals surface area contributed by atoms with Gasteiger partial charge in [-0.1, -0.05) is 42.0 Å². The minimum Gasteiger partial charge on any atom is -0.507 e. The minimum atomic E-state index is -0.714. The van der Waals surface area contributed by atoms with Gasteiger partial charge in [-0.25, -0.2) is 0 Å². The van der Waals surface area contributed by atoms with Crippen molar-refractivity contribution in [2.24, 2.45) is 0 Å². The Labute approximate surface area is 206 Å². The number of ketones is 1. The Bertz CT molecular complexity index is 1330. The van der Waals surface area contributed by atoms with E-state index in [2.05, 4.69) is 4.90 Å². The number of carbonyl (C=O) groups is 2. The summed E-state index contributed by atoms with van der Waals surface area (Å²) >= 11 is 0. The van der Waals surface area contributed by atoms with Gasteiger partial charge in [0.25, 0.3) is 11.7 Å². The standard InChI is InChI=1S/C30H30N2O3/c1-19-10-11-21(3)25(18-19)28(33)26-27(24-9-5-4-8-20(24)2)32(30(35)29(26)34)23-14-12-22(13-15-23)31-16-6-7-17-31/h4-5,8-15,18,27,33H,6-7,16-17H2,1-3H3/b28-26+. The van der Waals surface area contributed by atoms with E-state index < -0.39 is 17.7 Å². The number of aliphatic hydroxyl groups is 1. The molecule has 3 aromatic rings. The predicted octanol–water partition coefficient (Wildman–Crippen LogP) is 5.84. The van der Waals surface area contributed by atoms with Gasteiger partial charge < -0.3 is 10.0 Å². The molecule has 2 heterocycles. The summed E-state index contributed by atoms with van der Waals surface area (Å²) in [4.78, 5) is 30.8. The van der Waals surface area contributed by atoms with Crippen LogP contribution < -0.4 is 9.80 Å². The van der Waals surface area contributed by atoms with Crippen molar-refractivity contribution in [2.75, 3.05) is 22.9 Å². The van der Waals surface area contributed by atoms with Crippen LogP contribution in [0.25, 0.3) is 5.76 Å². The molecule has 35 heavy (non-hydrogen) atoms. The summed E-state index contributed by atoms with van der Waals surface area (Å²) in [7, 11) is 0. The maximum absolute atomic E-state index is 13.5. The van der Waals surface area contributed by atoms with Crippen LogP contribution in [0.5, 0.6) is 0 Å². The molecule has 2 saturated heterocycles. The highest BCUT2D eigenvalue weighted by molar-refractivity contribution is 6.51. The van der Waals surface area contributed by atoms with E-state index in [4.69, 9.17) is 0 Å². The number of aryl methyl sites for hydroxylation is 3. The van der Waals surface area contributed by atoms with Gasteiger partial charge in [-0.15, -0.1) is 0 Å². The fourth-order valence-corrected chi connectivity index (χ4v) is 5.22. The fourth-order valence-electron chi connectivity index (χ4n) is 5.22. The summed E-state index contributed by atoms with van der Waals surface area (Å²) in [5.74, 6) is -1.42. The van der Waals surface area contributed by atoms with Gasteiger partial charge in [-0.05, 0) is 80.6 Å². The van der Waals surface area contributed by atoms with Gasteiger partial charge >= 0.3 is 0 Å². The number of hydrogen-bond donors (Lipinski definition) is 1. The topological polar surface area (TPSA) is 60.9 Å². The van der Waals surface area contributed by atoms with Crippen molar-refractivity contribution in [3.05, 3.63) is 100 Å². The number of benzene rings is 3. The van der Waals surface area contributed by atoms with Crippen LogP contribution in [-0.2, 0) is 9.59 Å². The maximum atomic E-state index is 13.5. The lowest BCUT2D eigenvalue weighted by molar-refractivity contribution is -0.132. The molecule has 1 atom stereocenters. The molecule has 178 valence electrons. The SMILES string of the molecule is Cc1ccc(C)c(/C(O)=C2\C(=O)C(=O)N(c3ccc(N4CCCC4)cc3)C2c2ccccc2C)c1. The van der Waals surface area contributed by atoms with Crippen LogP contribution in [0.2, 0.25) is 0 Å². The Morgan fingerprint density at radius 3 is 2.17 bits per heavy atom. The van der Waals surface area contributed by atoms with Crippen molar-refractivity contribution in [3.63, 3.8) is 0 Å². The lowest BCUT2D eigenvalue weighted by atomic mass is 9.91. The number of hydrogen-bond acceptors (Lipinski definition) is 4. The number of anilines is 2. The van der Waals surface area contributed by atoms with Gasteiger partial charge in [0.2, 0.25) is 0 Å². The normalized spacial score (nSPS) is 19.6. The summed E-state index contributed by atoms with van der Waals surface area (Å²) in [5, 5.41) is 11.5. The smallest absolute Gasteiger partial charge is 0.300 e. The highest BCUT2D eigenvalue weighted by atomic mass is 16.3. The molecule has 5 heteroatoms. The summed E-state index contributed by atoms with van der Waals surface area (Å²) in [6.07, 6.45) is 2.37. The number of Topliss-reactive ketones (excluding diaryl/α,β-unsaturated/α-hetero) is 1. The van der Waals surface area contributed by atoms with Gasteiger partial charge in [0.05, 0.1) is 11.6 Å². The molecule has 1 N–H and O–H groups in total. The van der Waals surface area contributed by atoms with E-state index in [1.807, 2.05) is 87.5 Å². The van der Waals surface area contributed by atoms with Crippen LogP contribution in [0.3, 0.4) is 0 Å². The zero-order valence-electron chi connectivity index (χ0n) is 20.4. The van der Waals surface area contributed by atoms with Crippen molar-refractivity contribution in [3.8, 4) is 0 Å². The summed E-state index contributed by atoms with van der Waals surface area (Å²) in [5.41, 5.74) is 6.04. The first-order valence-electron chi connectivity index (χ1n) is 12.2. The van der Waals surface area contributed by atoms with Crippen LogP contribution >= 0.6 is 0 Å². The third-order valence-electron chi connectivity index (χ3n) is 7.17. The van der Waals surface area contributed by atoms with Gasteiger partial charge in [-0.3, -0.25) is 14.5 Å². The van der Waals surface area contributed by atoms with Crippen molar-refractivity contribution in [2.45, 2.75) is 39.7 Å². The van der Waals surface area contributed by atoms with E-state index in [9.17, 15) is 14.7 Å². The third kappa shape index (κ3) is 4.01. The van der Waals surface area contributed by atoms with Crippen molar-refractivity contribution >= 4 is 28.8 Å². The second-order valence-corrected chi connectivity index (χ2v) is 9.55. The number of aliphatic hydroxyl groups excluding tert-OH is 1. The number of amides is 1. The Morgan fingerprint density at radius 1 is 0.829 bits per heavy atom. The molecule has 0 radical (unpaired) electrons. The molecule has 5 rings (SSSR count). The lowest BCUT2D eigenvalue weighted by Gasteiger charge is -2.27. The Hall–Kier alpha value is -3.86. The highest BCUT2D eigenvalue weighted by Gasteiger charge is 2.47. The van der Waals surface area contributed by atoms with Crippen LogP contribution in [0.15, 0.2) is 72.3 Å². The van der Waals surface area contributed by atoms with Crippen molar-refractivity contribution in [1.29, 1.82) is 0 Å². The van der Waals surface area contributed by atoms with E-state index in [1.54, 1.807) is 0 Å². The van der Waals surface area contributed by atoms with E-state index in [0.717, 1.165) is 41.0 Å². The number of rotatable bonds is 4. The van der Waals surface area contributed by atoms with Crippen molar-refractivity contribution in [1.82, 2.24) is 0 Å².